The molecule has 0 unspecified atom stereocenters. The summed E-state index contributed by atoms with van der Waals surface area (Å²) in [4.78, 5) is 23.2. The molecule has 0 aliphatic carbocycles. The minimum Gasteiger partial charge on any atom is -0.484 e. The van der Waals surface area contributed by atoms with Gasteiger partial charge in [-0.3, -0.25) is 10.2 Å². The third-order valence-corrected chi connectivity index (χ3v) is 3.66. The van der Waals surface area contributed by atoms with Gasteiger partial charge in [0.25, 0.3) is 5.91 Å². The minimum absolute atomic E-state index is 0.149. The summed E-state index contributed by atoms with van der Waals surface area (Å²) in [6.07, 6.45) is 0. The summed E-state index contributed by atoms with van der Waals surface area (Å²) >= 11 is 0. The topological polar surface area (TPSA) is 80.6 Å². The lowest BCUT2D eigenvalue weighted by Crippen LogP contribution is -2.39. The van der Waals surface area contributed by atoms with Crippen molar-refractivity contribution < 1.29 is 13.9 Å². The van der Waals surface area contributed by atoms with Crippen molar-refractivity contribution in [3.63, 3.8) is 0 Å². The molecule has 0 bridgehead atoms. The van der Waals surface area contributed by atoms with Crippen molar-refractivity contribution >= 4 is 16.9 Å². The molecule has 6 nitrogen and oxygen atoms in total. The Bertz CT molecular complexity index is 935. The largest absolute Gasteiger partial charge is 0.484 e. The van der Waals surface area contributed by atoms with Gasteiger partial charge in [-0.25, -0.2) is 10.2 Å². The van der Waals surface area contributed by atoms with Gasteiger partial charge in [0.2, 0.25) is 0 Å². The van der Waals surface area contributed by atoms with Crippen LogP contribution >= 0.6 is 0 Å². The Labute approximate surface area is 144 Å². The second-order valence-electron chi connectivity index (χ2n) is 5.58. The summed E-state index contributed by atoms with van der Waals surface area (Å²) in [5.74, 6) is 0.154. The number of hydrazine groups is 1. The normalized spacial score (nSPS) is 10.6. The van der Waals surface area contributed by atoms with Crippen LogP contribution in [0.4, 0.5) is 0 Å². The zero-order valence-corrected chi connectivity index (χ0v) is 13.7. The summed E-state index contributed by atoms with van der Waals surface area (Å²) in [5.41, 5.74) is 7.33. The zero-order chi connectivity index (χ0) is 17.6. The number of carbonyl (C=O) groups is 1. The predicted octanol–water partition coefficient (Wildman–Crippen LogP) is 2.30. The molecule has 3 aromatic rings. The first-order valence-corrected chi connectivity index (χ1v) is 7.85. The van der Waals surface area contributed by atoms with Gasteiger partial charge in [-0.15, -0.1) is 0 Å². The lowest BCUT2D eigenvalue weighted by molar-refractivity contribution is -0.124. The molecular formula is C19H18N2O4. The van der Waals surface area contributed by atoms with E-state index in [0.29, 0.717) is 17.9 Å². The molecule has 0 spiro atoms. The van der Waals surface area contributed by atoms with E-state index in [1.165, 1.54) is 6.07 Å². The SMILES string of the molecule is Cc1cc(=O)oc2cc(OCC(=O)NNCc3ccccc3)ccc12. The lowest BCUT2D eigenvalue weighted by atomic mass is 10.1. The predicted molar refractivity (Wildman–Crippen MR) is 94.1 cm³/mol. The number of aryl methyl sites for hydroxylation is 1. The molecule has 1 amide bonds. The van der Waals surface area contributed by atoms with Crippen LogP contribution < -0.4 is 21.2 Å². The van der Waals surface area contributed by atoms with Crippen LogP contribution in [0.1, 0.15) is 11.1 Å². The van der Waals surface area contributed by atoms with Crippen LogP contribution in [-0.4, -0.2) is 12.5 Å². The van der Waals surface area contributed by atoms with Gasteiger partial charge in [0.15, 0.2) is 6.61 Å². The number of rotatable bonds is 6. The van der Waals surface area contributed by atoms with Crippen molar-refractivity contribution in [3.05, 3.63) is 76.1 Å². The van der Waals surface area contributed by atoms with Crippen molar-refractivity contribution in [3.8, 4) is 5.75 Å². The Balaban J connectivity index is 1.53. The van der Waals surface area contributed by atoms with Gasteiger partial charge in [0.1, 0.15) is 11.3 Å². The number of fused-ring (bicyclic) bond motifs is 1. The van der Waals surface area contributed by atoms with Crippen LogP contribution in [0.2, 0.25) is 0 Å². The van der Waals surface area contributed by atoms with Crippen LogP contribution in [0.25, 0.3) is 11.0 Å². The van der Waals surface area contributed by atoms with E-state index in [1.54, 1.807) is 18.2 Å². The van der Waals surface area contributed by atoms with E-state index in [9.17, 15) is 9.59 Å². The molecule has 128 valence electrons. The molecule has 1 heterocycles. The van der Waals surface area contributed by atoms with Crippen LogP contribution in [0.3, 0.4) is 0 Å². The van der Waals surface area contributed by atoms with Gasteiger partial charge < -0.3 is 9.15 Å². The second-order valence-corrected chi connectivity index (χ2v) is 5.58. The fraction of sp³-hybridized carbons (Fsp3) is 0.158. The Kier molecular flexibility index (Phi) is 5.11. The Hall–Kier alpha value is -3.12. The standard InChI is InChI=1S/C19H18N2O4/c1-13-9-19(23)25-17-10-15(7-8-16(13)17)24-12-18(22)21-20-11-14-5-3-2-4-6-14/h2-10,20H,11-12H2,1H3,(H,21,22). The number of ether oxygens (including phenoxy) is 1. The number of benzene rings is 2. The third kappa shape index (κ3) is 4.45. The van der Waals surface area contributed by atoms with Gasteiger partial charge in [-0.2, -0.15) is 0 Å². The molecule has 0 fully saturated rings. The molecule has 0 saturated carbocycles. The lowest BCUT2D eigenvalue weighted by Gasteiger charge is -2.09. The van der Waals surface area contributed by atoms with Crippen LogP contribution in [0, 0.1) is 6.92 Å². The van der Waals surface area contributed by atoms with Gasteiger partial charge in [-0.1, -0.05) is 30.3 Å². The Morgan fingerprint density at radius 1 is 1.12 bits per heavy atom. The Morgan fingerprint density at radius 2 is 1.92 bits per heavy atom. The van der Waals surface area contributed by atoms with E-state index >= 15 is 0 Å². The van der Waals surface area contributed by atoms with E-state index in [1.807, 2.05) is 37.3 Å². The maximum absolute atomic E-state index is 11.8. The van der Waals surface area contributed by atoms with Gasteiger partial charge >= 0.3 is 5.63 Å². The first kappa shape index (κ1) is 16.7. The number of hydrogen-bond acceptors (Lipinski definition) is 5. The molecule has 2 N–H and O–H groups in total. The summed E-state index contributed by atoms with van der Waals surface area (Å²) in [5, 5.41) is 0.834. The Morgan fingerprint density at radius 3 is 2.72 bits per heavy atom. The molecule has 0 saturated heterocycles. The fourth-order valence-electron chi connectivity index (χ4n) is 2.42. The van der Waals surface area contributed by atoms with Crippen molar-refractivity contribution in [1.82, 2.24) is 10.9 Å². The van der Waals surface area contributed by atoms with E-state index in [2.05, 4.69) is 10.9 Å². The zero-order valence-electron chi connectivity index (χ0n) is 13.7. The van der Waals surface area contributed by atoms with E-state index in [4.69, 9.17) is 9.15 Å². The average molecular weight is 338 g/mol. The quantitative estimate of drug-likeness (QED) is 0.532. The van der Waals surface area contributed by atoms with Crippen LogP contribution in [0.15, 0.2) is 63.8 Å². The average Bonchev–Trinajstić information content (AvgIpc) is 2.60. The first-order valence-electron chi connectivity index (χ1n) is 7.85. The minimum atomic E-state index is -0.412. The van der Waals surface area contributed by atoms with Crippen molar-refractivity contribution in [2.24, 2.45) is 0 Å². The van der Waals surface area contributed by atoms with Crippen molar-refractivity contribution in [2.45, 2.75) is 13.5 Å². The van der Waals surface area contributed by atoms with Crippen molar-refractivity contribution in [1.29, 1.82) is 0 Å². The summed E-state index contributed by atoms with van der Waals surface area (Å²) < 4.78 is 10.6. The smallest absolute Gasteiger partial charge is 0.336 e. The van der Waals surface area contributed by atoms with E-state index < -0.39 is 5.63 Å². The number of amides is 1. The van der Waals surface area contributed by atoms with Gasteiger partial charge in [0.05, 0.1) is 0 Å². The molecular weight excluding hydrogens is 320 g/mol. The molecule has 6 heteroatoms. The van der Waals surface area contributed by atoms with Gasteiger partial charge in [0, 0.05) is 24.1 Å². The van der Waals surface area contributed by atoms with E-state index in [-0.39, 0.29) is 12.5 Å². The highest BCUT2D eigenvalue weighted by molar-refractivity contribution is 5.81. The second kappa shape index (κ2) is 7.63. The van der Waals surface area contributed by atoms with Crippen LogP contribution in [0.5, 0.6) is 5.75 Å². The first-order chi connectivity index (χ1) is 12.1. The highest BCUT2D eigenvalue weighted by Gasteiger charge is 2.06. The molecule has 2 aromatic carbocycles. The molecule has 0 aliphatic heterocycles. The highest BCUT2D eigenvalue weighted by Crippen LogP contribution is 2.22. The number of nitrogens with one attached hydrogen (secondary N) is 2. The summed E-state index contributed by atoms with van der Waals surface area (Å²) in [6.45, 7) is 2.21. The van der Waals surface area contributed by atoms with Gasteiger partial charge in [-0.05, 0) is 30.2 Å². The maximum Gasteiger partial charge on any atom is 0.336 e. The molecule has 1 aromatic heterocycles. The molecule has 3 rings (SSSR count). The monoisotopic (exact) mass is 338 g/mol. The van der Waals surface area contributed by atoms with Crippen molar-refractivity contribution in [2.75, 3.05) is 6.61 Å². The van der Waals surface area contributed by atoms with E-state index in [0.717, 1.165) is 16.5 Å². The number of hydrogen-bond donors (Lipinski definition) is 2. The fourth-order valence-corrected chi connectivity index (χ4v) is 2.42. The number of carbonyl (C=O) groups excluding carboxylic acids is 1. The highest BCUT2D eigenvalue weighted by atomic mass is 16.5. The molecule has 25 heavy (non-hydrogen) atoms. The molecule has 0 aliphatic rings. The third-order valence-electron chi connectivity index (χ3n) is 3.66. The summed E-state index contributed by atoms with van der Waals surface area (Å²) in [6, 6.07) is 16.3. The van der Waals surface area contributed by atoms with Crippen LogP contribution in [-0.2, 0) is 11.3 Å². The summed E-state index contributed by atoms with van der Waals surface area (Å²) in [7, 11) is 0. The molecule has 0 atom stereocenters. The molecule has 0 radical (unpaired) electrons. The maximum atomic E-state index is 11.8.